The second-order valence-electron chi connectivity index (χ2n) is 3.88. The number of fused-ring (bicyclic) bond motifs is 2. The van der Waals surface area contributed by atoms with Crippen LogP contribution in [0.15, 0.2) is 36.5 Å². The molecule has 0 saturated heterocycles. The van der Waals surface area contributed by atoms with Crippen molar-refractivity contribution in [1.82, 2.24) is 0 Å². The van der Waals surface area contributed by atoms with Gasteiger partial charge in [-0.3, -0.25) is 0 Å². The van der Waals surface area contributed by atoms with Crippen molar-refractivity contribution >= 4 is 0 Å². The summed E-state index contributed by atoms with van der Waals surface area (Å²) < 4.78 is 67.9. The van der Waals surface area contributed by atoms with Gasteiger partial charge in [0.2, 0.25) is 0 Å². The van der Waals surface area contributed by atoms with Crippen LogP contribution >= 0.6 is 0 Å². The third-order valence-corrected chi connectivity index (χ3v) is 2.40. The SMILES string of the molecule is C=CCC1=CC2C=CC1C2.[O-][Cl+3]([O-])([O-])[O-].[O-][Cl+3]([O-])([O-])[O-].[Pd+2]. The van der Waals surface area contributed by atoms with Crippen molar-refractivity contribution in [3.8, 4) is 0 Å². The molecular weight excluding hydrogens is 425 g/mol. The Hall–Kier alpha value is 0.142. The van der Waals surface area contributed by atoms with E-state index < -0.39 is 20.5 Å². The van der Waals surface area contributed by atoms with E-state index in [0.29, 0.717) is 0 Å². The molecule has 2 unspecified atom stereocenters. The number of hydrogen-bond donors (Lipinski definition) is 0. The molecule has 0 aromatic rings. The molecule has 2 bridgehead atoms. The van der Waals surface area contributed by atoms with E-state index in [4.69, 9.17) is 37.3 Å². The van der Waals surface area contributed by atoms with Crippen molar-refractivity contribution in [2.45, 2.75) is 12.8 Å². The second-order valence-corrected chi connectivity index (χ2v) is 5.39. The molecule has 2 aliphatic rings. The molecule has 2 aliphatic carbocycles. The van der Waals surface area contributed by atoms with Gasteiger partial charge in [-0.2, -0.15) is 0 Å². The molecule has 0 radical (unpaired) electrons. The molecule has 0 amide bonds. The fraction of sp³-hybridized carbons (Fsp3) is 0.400. The van der Waals surface area contributed by atoms with Gasteiger partial charge in [0.25, 0.3) is 0 Å². The van der Waals surface area contributed by atoms with Gasteiger partial charge in [0.15, 0.2) is 0 Å². The molecular formula is C10H12Cl2O8Pd. The molecule has 21 heavy (non-hydrogen) atoms. The first-order valence-electron chi connectivity index (χ1n) is 5.13. The van der Waals surface area contributed by atoms with Crippen LogP contribution in [0.25, 0.3) is 0 Å². The van der Waals surface area contributed by atoms with Gasteiger partial charge in [-0.1, -0.05) is 29.9 Å². The Labute approximate surface area is 139 Å². The third kappa shape index (κ3) is 16.3. The summed E-state index contributed by atoms with van der Waals surface area (Å²) in [5.74, 6) is 1.53. The minimum Gasteiger partial charge on any atom is -0.222 e. The zero-order chi connectivity index (χ0) is 16.0. The summed E-state index contributed by atoms with van der Waals surface area (Å²) in [5, 5.41) is 0. The maximum Gasteiger partial charge on any atom is 2.00 e. The van der Waals surface area contributed by atoms with Gasteiger partial charge in [0.05, 0.1) is 0 Å². The Balaban J connectivity index is 0. The number of rotatable bonds is 2. The van der Waals surface area contributed by atoms with E-state index in [-0.39, 0.29) is 20.4 Å². The summed E-state index contributed by atoms with van der Waals surface area (Å²) in [5.41, 5.74) is 1.59. The number of halogens is 2. The molecule has 11 heteroatoms. The standard InChI is InChI=1S/C10H12.2ClHO4.Pd/c1-2-3-9-6-8-4-5-10(9)7-8;2*2-1(3,4)5;/h2,4-6,8,10H,1,3,7H2;2*(H,2,3,4,5);/q;;;+2/p-2. The van der Waals surface area contributed by atoms with Gasteiger partial charge in [-0.05, 0) is 24.7 Å². The quantitative estimate of drug-likeness (QED) is 0.301. The van der Waals surface area contributed by atoms with E-state index >= 15 is 0 Å². The summed E-state index contributed by atoms with van der Waals surface area (Å²) in [6.45, 7) is 3.74. The predicted molar refractivity (Wildman–Crippen MR) is 43.6 cm³/mol. The third-order valence-electron chi connectivity index (χ3n) is 2.40. The van der Waals surface area contributed by atoms with Crippen molar-refractivity contribution < 1.29 is 78.2 Å². The Morgan fingerprint density at radius 3 is 1.67 bits per heavy atom. The Bertz CT molecular complexity index is 350. The van der Waals surface area contributed by atoms with Crippen LogP contribution in [0.1, 0.15) is 12.8 Å². The number of allylic oxidation sites excluding steroid dienone is 5. The van der Waals surface area contributed by atoms with Crippen molar-refractivity contribution in [3.63, 3.8) is 0 Å². The summed E-state index contributed by atoms with van der Waals surface area (Å²) >= 11 is 0. The van der Waals surface area contributed by atoms with Crippen LogP contribution in [-0.2, 0) is 20.4 Å². The molecule has 0 heterocycles. The summed E-state index contributed by atoms with van der Waals surface area (Å²) in [7, 11) is -9.89. The predicted octanol–water partition coefficient (Wildman–Crippen LogP) is -6.82. The zero-order valence-corrected chi connectivity index (χ0v) is 13.5. The molecule has 0 fully saturated rings. The smallest absolute Gasteiger partial charge is 0.222 e. The summed E-state index contributed by atoms with van der Waals surface area (Å²) in [4.78, 5) is 0. The van der Waals surface area contributed by atoms with Crippen LogP contribution in [0.2, 0.25) is 0 Å². The first-order chi connectivity index (χ1) is 8.90. The fourth-order valence-corrected chi connectivity index (χ4v) is 1.91. The molecule has 8 nitrogen and oxygen atoms in total. The van der Waals surface area contributed by atoms with E-state index in [2.05, 4.69) is 24.8 Å². The van der Waals surface area contributed by atoms with E-state index in [1.807, 2.05) is 6.08 Å². The zero-order valence-electron chi connectivity index (χ0n) is 10.4. The second kappa shape index (κ2) is 10.0. The molecule has 0 aromatic heterocycles. The maximum absolute atomic E-state index is 8.49. The average molecular weight is 438 g/mol. The first kappa shape index (κ1) is 23.4. The summed E-state index contributed by atoms with van der Waals surface area (Å²) in [6.07, 6.45) is 11.5. The van der Waals surface area contributed by atoms with Crippen LogP contribution in [-0.4, -0.2) is 0 Å². The molecule has 2 atom stereocenters. The Morgan fingerprint density at radius 1 is 1.00 bits per heavy atom. The first-order valence-corrected chi connectivity index (χ1v) is 7.60. The topological polar surface area (TPSA) is 184 Å². The summed E-state index contributed by atoms with van der Waals surface area (Å²) in [6, 6.07) is 0. The van der Waals surface area contributed by atoms with Crippen LogP contribution in [0.5, 0.6) is 0 Å². The molecule has 2 rings (SSSR count). The van der Waals surface area contributed by atoms with Gasteiger partial charge in [0, 0.05) is 0 Å². The van der Waals surface area contributed by atoms with Crippen LogP contribution in [0.4, 0.5) is 0 Å². The van der Waals surface area contributed by atoms with E-state index in [0.717, 1.165) is 18.3 Å². The molecule has 0 saturated carbocycles. The van der Waals surface area contributed by atoms with E-state index in [1.54, 1.807) is 5.57 Å². The van der Waals surface area contributed by atoms with Gasteiger partial charge < -0.3 is 0 Å². The van der Waals surface area contributed by atoms with Gasteiger partial charge in [-0.25, -0.2) is 37.3 Å². The Kier molecular flexibility index (Phi) is 11.2. The largest absolute Gasteiger partial charge is 2.00 e. The van der Waals surface area contributed by atoms with E-state index in [9.17, 15) is 0 Å². The van der Waals surface area contributed by atoms with Crippen LogP contribution in [0, 0.1) is 32.3 Å². The minimum atomic E-state index is -4.94. The Morgan fingerprint density at radius 2 is 1.43 bits per heavy atom. The maximum atomic E-state index is 8.49. The molecule has 0 N–H and O–H groups in total. The molecule has 124 valence electrons. The van der Waals surface area contributed by atoms with Crippen molar-refractivity contribution in [2.75, 3.05) is 0 Å². The minimum absolute atomic E-state index is 0. The van der Waals surface area contributed by atoms with Crippen molar-refractivity contribution in [2.24, 2.45) is 11.8 Å². The van der Waals surface area contributed by atoms with Crippen LogP contribution < -0.4 is 37.3 Å². The van der Waals surface area contributed by atoms with Crippen molar-refractivity contribution in [3.05, 3.63) is 36.5 Å². The fourth-order valence-electron chi connectivity index (χ4n) is 1.91. The normalized spacial score (nSPS) is 22.2. The van der Waals surface area contributed by atoms with E-state index in [1.165, 1.54) is 6.42 Å². The monoisotopic (exact) mass is 436 g/mol. The van der Waals surface area contributed by atoms with Gasteiger partial charge in [0.1, 0.15) is 0 Å². The molecule has 0 aromatic carbocycles. The van der Waals surface area contributed by atoms with Gasteiger partial charge >= 0.3 is 20.4 Å². The molecule has 0 spiro atoms. The number of hydrogen-bond acceptors (Lipinski definition) is 8. The van der Waals surface area contributed by atoms with Gasteiger partial charge in [-0.15, -0.1) is 27.1 Å². The van der Waals surface area contributed by atoms with Crippen LogP contribution in [0.3, 0.4) is 0 Å². The average Bonchev–Trinajstić information content (AvgIpc) is 2.73. The molecule has 0 aliphatic heterocycles. The van der Waals surface area contributed by atoms with Crippen molar-refractivity contribution in [1.29, 1.82) is 0 Å².